The van der Waals surface area contributed by atoms with Gasteiger partial charge in [0.1, 0.15) is 0 Å². The van der Waals surface area contributed by atoms with E-state index in [1.54, 1.807) is 0 Å². The van der Waals surface area contributed by atoms with Gasteiger partial charge in [-0.2, -0.15) is 0 Å². The normalized spacial score (nSPS) is 11.7. The summed E-state index contributed by atoms with van der Waals surface area (Å²) in [7, 11) is 0. The molecule has 0 aromatic rings. The molecule has 0 fully saturated rings. The van der Waals surface area contributed by atoms with E-state index < -0.39 is 0 Å². The average molecular weight is 150 g/mol. The van der Waals surface area contributed by atoms with Crippen molar-refractivity contribution in [2.24, 2.45) is 11.8 Å². The minimum Gasteiger partial charge on any atom is -0.0957 e. The zero-order valence-corrected chi connectivity index (χ0v) is 8.23. The van der Waals surface area contributed by atoms with Gasteiger partial charge in [-0.15, -0.1) is 0 Å². The molecule has 0 saturated heterocycles. The van der Waals surface area contributed by atoms with Gasteiger partial charge in [0.05, 0.1) is 0 Å². The quantitative estimate of drug-likeness (QED) is 0.503. The first-order chi connectivity index (χ1) is 5.04. The topological polar surface area (TPSA) is 0 Å². The molecule has 0 heterocycles. The lowest BCUT2D eigenvalue weighted by Gasteiger charge is -2.00. The van der Waals surface area contributed by atoms with Crippen LogP contribution in [0.2, 0.25) is 0 Å². The van der Waals surface area contributed by atoms with Gasteiger partial charge in [-0.05, 0) is 18.9 Å². The average Bonchev–Trinajstić information content (AvgIpc) is 1.86. The lowest BCUT2D eigenvalue weighted by atomic mass is 10.1. The van der Waals surface area contributed by atoms with E-state index in [2.05, 4.69) is 46.5 Å². The van der Waals surface area contributed by atoms with Crippen molar-refractivity contribution in [1.82, 2.24) is 0 Å². The van der Waals surface area contributed by atoms with Crippen LogP contribution in [0.15, 0.2) is 11.6 Å². The Bertz CT molecular complexity index is 184. The minimum absolute atomic E-state index is 0.478. The number of allylic oxidation sites excluding steroid dienone is 2. The molecule has 0 saturated carbocycles. The first kappa shape index (κ1) is 10.3. The second kappa shape index (κ2) is 5.02. The zero-order chi connectivity index (χ0) is 8.85. The molecule has 0 amide bonds. The van der Waals surface area contributed by atoms with Gasteiger partial charge < -0.3 is 0 Å². The van der Waals surface area contributed by atoms with E-state index in [1.165, 1.54) is 5.57 Å². The summed E-state index contributed by atoms with van der Waals surface area (Å²) in [6.07, 6.45) is 2.02. The van der Waals surface area contributed by atoms with Gasteiger partial charge in [0, 0.05) is 5.92 Å². The van der Waals surface area contributed by atoms with Crippen molar-refractivity contribution in [2.75, 3.05) is 0 Å². The van der Waals surface area contributed by atoms with Crippen LogP contribution in [0.5, 0.6) is 0 Å². The summed E-state index contributed by atoms with van der Waals surface area (Å²) in [5.74, 6) is 7.26. The Hall–Kier alpha value is -0.700. The minimum atomic E-state index is 0.478. The molecule has 0 heteroatoms. The van der Waals surface area contributed by atoms with Crippen LogP contribution in [0.4, 0.5) is 0 Å². The first-order valence-corrected chi connectivity index (χ1v) is 4.21. The van der Waals surface area contributed by atoms with Crippen LogP contribution >= 0.6 is 0 Å². The Morgan fingerprint density at radius 3 is 2.09 bits per heavy atom. The summed E-state index contributed by atoms with van der Waals surface area (Å²) in [6, 6.07) is 0. The maximum absolute atomic E-state index is 3.10. The van der Waals surface area contributed by atoms with Gasteiger partial charge in [-0.3, -0.25) is 0 Å². The molecular formula is C11H18. The first-order valence-electron chi connectivity index (χ1n) is 4.21. The SMILES string of the molecule is C/C(=C\C#CC(C)C)C(C)C. The Balaban J connectivity index is 4.05. The van der Waals surface area contributed by atoms with Crippen LogP contribution < -0.4 is 0 Å². The van der Waals surface area contributed by atoms with Crippen molar-refractivity contribution in [2.45, 2.75) is 34.6 Å². The van der Waals surface area contributed by atoms with Crippen LogP contribution in [0, 0.1) is 23.7 Å². The van der Waals surface area contributed by atoms with Crippen molar-refractivity contribution in [3.8, 4) is 11.8 Å². The van der Waals surface area contributed by atoms with Crippen molar-refractivity contribution >= 4 is 0 Å². The van der Waals surface area contributed by atoms with Crippen molar-refractivity contribution in [3.63, 3.8) is 0 Å². The fraction of sp³-hybridized carbons (Fsp3) is 0.636. The number of hydrogen-bond donors (Lipinski definition) is 0. The van der Waals surface area contributed by atoms with Gasteiger partial charge in [-0.25, -0.2) is 0 Å². The lowest BCUT2D eigenvalue weighted by Crippen LogP contribution is -1.87. The van der Waals surface area contributed by atoms with Gasteiger partial charge in [0.25, 0.3) is 0 Å². The van der Waals surface area contributed by atoms with Gasteiger partial charge in [0.2, 0.25) is 0 Å². The maximum Gasteiger partial charge on any atom is 0.0149 e. The number of hydrogen-bond acceptors (Lipinski definition) is 0. The predicted molar refractivity (Wildman–Crippen MR) is 51.2 cm³/mol. The van der Waals surface area contributed by atoms with Crippen molar-refractivity contribution < 1.29 is 0 Å². The molecule has 0 bridgehead atoms. The Kier molecular flexibility index (Phi) is 4.70. The van der Waals surface area contributed by atoms with Crippen LogP contribution in [-0.2, 0) is 0 Å². The molecular weight excluding hydrogens is 132 g/mol. The van der Waals surface area contributed by atoms with Crippen LogP contribution in [0.1, 0.15) is 34.6 Å². The Labute approximate surface area is 70.7 Å². The standard InChI is InChI=1S/C11H18/c1-9(2)7-6-8-11(5)10(3)4/h8-10H,1-5H3/b11-8+. The summed E-state index contributed by atoms with van der Waals surface area (Å²) in [4.78, 5) is 0. The molecule has 0 spiro atoms. The third-order valence-corrected chi connectivity index (χ3v) is 1.58. The number of rotatable bonds is 1. The Morgan fingerprint density at radius 1 is 1.18 bits per heavy atom. The summed E-state index contributed by atoms with van der Waals surface area (Å²) < 4.78 is 0. The molecule has 0 aromatic heterocycles. The van der Waals surface area contributed by atoms with Gasteiger partial charge in [0.15, 0.2) is 0 Å². The fourth-order valence-corrected chi connectivity index (χ4v) is 0.489. The zero-order valence-electron chi connectivity index (χ0n) is 8.23. The van der Waals surface area contributed by atoms with Crippen molar-refractivity contribution in [1.29, 1.82) is 0 Å². The molecule has 0 aliphatic rings. The largest absolute Gasteiger partial charge is 0.0957 e. The molecule has 0 unspecified atom stereocenters. The monoisotopic (exact) mass is 150 g/mol. The molecule has 62 valence electrons. The highest BCUT2D eigenvalue weighted by Gasteiger charge is 1.92. The highest BCUT2D eigenvalue weighted by Crippen LogP contribution is 2.06. The molecule has 0 atom stereocenters. The van der Waals surface area contributed by atoms with E-state index >= 15 is 0 Å². The van der Waals surface area contributed by atoms with Crippen LogP contribution in [-0.4, -0.2) is 0 Å². The smallest absolute Gasteiger partial charge is 0.0149 e. The third-order valence-electron chi connectivity index (χ3n) is 1.58. The van der Waals surface area contributed by atoms with E-state index in [4.69, 9.17) is 0 Å². The molecule has 0 N–H and O–H groups in total. The summed E-state index contributed by atoms with van der Waals surface area (Å²) >= 11 is 0. The van der Waals surface area contributed by atoms with E-state index in [0.29, 0.717) is 11.8 Å². The van der Waals surface area contributed by atoms with Crippen LogP contribution in [0.3, 0.4) is 0 Å². The highest BCUT2D eigenvalue weighted by molar-refractivity contribution is 5.21. The molecule has 0 aromatic carbocycles. The van der Waals surface area contributed by atoms with Gasteiger partial charge in [-0.1, -0.05) is 45.1 Å². The van der Waals surface area contributed by atoms with E-state index in [-0.39, 0.29) is 0 Å². The van der Waals surface area contributed by atoms with E-state index in [0.717, 1.165) is 0 Å². The molecule has 0 aliphatic carbocycles. The summed E-state index contributed by atoms with van der Waals surface area (Å²) in [6.45, 7) is 10.7. The molecule has 0 rings (SSSR count). The predicted octanol–water partition coefficient (Wildman–Crippen LogP) is 3.25. The fourth-order valence-electron chi connectivity index (χ4n) is 0.489. The van der Waals surface area contributed by atoms with Gasteiger partial charge >= 0.3 is 0 Å². The Morgan fingerprint density at radius 2 is 1.73 bits per heavy atom. The van der Waals surface area contributed by atoms with Crippen molar-refractivity contribution in [3.05, 3.63) is 11.6 Å². The molecule has 11 heavy (non-hydrogen) atoms. The molecule has 0 radical (unpaired) electrons. The third kappa shape index (κ3) is 5.73. The lowest BCUT2D eigenvalue weighted by molar-refractivity contribution is 0.770. The molecule has 0 aliphatic heterocycles. The van der Waals surface area contributed by atoms with E-state index in [9.17, 15) is 0 Å². The highest BCUT2D eigenvalue weighted by atomic mass is 14.0. The van der Waals surface area contributed by atoms with E-state index in [1.807, 2.05) is 6.08 Å². The second-order valence-corrected chi connectivity index (χ2v) is 3.49. The summed E-state index contributed by atoms with van der Waals surface area (Å²) in [5.41, 5.74) is 1.36. The van der Waals surface area contributed by atoms with Crippen LogP contribution in [0.25, 0.3) is 0 Å². The maximum atomic E-state index is 3.10. The second-order valence-electron chi connectivity index (χ2n) is 3.49. The summed E-state index contributed by atoms with van der Waals surface area (Å²) in [5, 5.41) is 0. The molecule has 0 nitrogen and oxygen atoms in total.